The zero-order valence-corrected chi connectivity index (χ0v) is 11.6. The summed E-state index contributed by atoms with van der Waals surface area (Å²) in [5.41, 5.74) is 1.52. The maximum Gasteiger partial charge on any atom is 0.0186 e. The lowest BCUT2D eigenvalue weighted by atomic mass is 9.81. The first-order valence-electron chi connectivity index (χ1n) is 6.99. The Bertz CT molecular complexity index is 298. The topological polar surface area (TPSA) is 12.0 Å². The van der Waals surface area contributed by atoms with E-state index in [1.807, 2.05) is 0 Å². The molecule has 0 saturated carbocycles. The Balaban J connectivity index is 1.86. The number of nitrogens with one attached hydrogen (secondary N) is 1. The van der Waals surface area contributed by atoms with E-state index in [0.29, 0.717) is 5.92 Å². The first kappa shape index (κ1) is 13.2. The standard InChI is InChI=1S/C15H24ClN/c1-12-5-6-15(16)11-14(12)10-13-4-2-3-8-17-9-7-13/h5-6,13-14,17H,2-4,7-11H2,1H3. The molecule has 96 valence electrons. The van der Waals surface area contributed by atoms with Crippen LogP contribution < -0.4 is 5.32 Å². The monoisotopic (exact) mass is 253 g/mol. The van der Waals surface area contributed by atoms with E-state index in [1.54, 1.807) is 0 Å². The summed E-state index contributed by atoms with van der Waals surface area (Å²) in [5.74, 6) is 1.58. The third kappa shape index (κ3) is 4.15. The Morgan fingerprint density at radius 1 is 1.24 bits per heavy atom. The molecule has 17 heavy (non-hydrogen) atoms. The molecule has 1 saturated heterocycles. The molecule has 1 aliphatic carbocycles. The van der Waals surface area contributed by atoms with E-state index in [9.17, 15) is 0 Å². The third-order valence-electron chi connectivity index (χ3n) is 4.18. The van der Waals surface area contributed by atoms with Crippen LogP contribution in [0.5, 0.6) is 0 Å². The summed E-state index contributed by atoms with van der Waals surface area (Å²) < 4.78 is 0. The summed E-state index contributed by atoms with van der Waals surface area (Å²) in [5, 5.41) is 4.55. The van der Waals surface area contributed by atoms with Crippen LogP contribution in [0.3, 0.4) is 0 Å². The maximum atomic E-state index is 6.16. The van der Waals surface area contributed by atoms with Gasteiger partial charge in [-0.1, -0.05) is 36.1 Å². The third-order valence-corrected chi connectivity index (χ3v) is 4.46. The van der Waals surface area contributed by atoms with Gasteiger partial charge in [-0.25, -0.2) is 0 Å². The van der Waals surface area contributed by atoms with Crippen LogP contribution in [-0.2, 0) is 0 Å². The molecule has 2 heteroatoms. The predicted molar refractivity (Wildman–Crippen MR) is 75.2 cm³/mol. The van der Waals surface area contributed by atoms with Gasteiger partial charge in [0.05, 0.1) is 0 Å². The van der Waals surface area contributed by atoms with E-state index in [2.05, 4.69) is 24.4 Å². The van der Waals surface area contributed by atoms with Gasteiger partial charge in [-0.3, -0.25) is 0 Å². The molecular formula is C15H24ClN. The summed E-state index contributed by atoms with van der Waals surface area (Å²) in [6, 6.07) is 0. The summed E-state index contributed by atoms with van der Waals surface area (Å²) in [4.78, 5) is 0. The molecule has 0 radical (unpaired) electrons. The Labute approximate surface area is 110 Å². The number of hydrogen-bond acceptors (Lipinski definition) is 1. The van der Waals surface area contributed by atoms with E-state index in [4.69, 9.17) is 11.6 Å². The average molecular weight is 254 g/mol. The molecule has 0 amide bonds. The molecular weight excluding hydrogens is 230 g/mol. The second-order valence-corrected chi connectivity index (χ2v) is 6.05. The molecule has 0 aromatic heterocycles. The van der Waals surface area contributed by atoms with Gasteiger partial charge in [-0.2, -0.15) is 0 Å². The summed E-state index contributed by atoms with van der Waals surface area (Å²) in [6.45, 7) is 4.67. The molecule has 2 aliphatic rings. The Kier molecular flexibility index (Phi) is 5.12. The SMILES string of the molecule is CC1=CC=C(Cl)CC1CC1CCCCNCC1. The van der Waals surface area contributed by atoms with Crippen molar-refractivity contribution in [3.63, 3.8) is 0 Å². The van der Waals surface area contributed by atoms with E-state index >= 15 is 0 Å². The molecule has 1 N–H and O–H groups in total. The molecule has 1 heterocycles. The van der Waals surface area contributed by atoms with Crippen LogP contribution in [-0.4, -0.2) is 13.1 Å². The lowest BCUT2D eigenvalue weighted by Crippen LogP contribution is -2.24. The number of halogens is 1. The van der Waals surface area contributed by atoms with Crippen molar-refractivity contribution in [2.75, 3.05) is 13.1 Å². The highest BCUT2D eigenvalue weighted by atomic mass is 35.5. The molecule has 1 nitrogen and oxygen atoms in total. The number of allylic oxidation sites excluding steroid dienone is 4. The molecule has 1 aliphatic heterocycles. The van der Waals surface area contributed by atoms with Gasteiger partial charge < -0.3 is 5.32 Å². The number of hydrogen-bond donors (Lipinski definition) is 1. The van der Waals surface area contributed by atoms with Crippen molar-refractivity contribution in [2.45, 2.75) is 45.4 Å². The van der Waals surface area contributed by atoms with E-state index in [1.165, 1.54) is 50.8 Å². The zero-order valence-electron chi connectivity index (χ0n) is 10.8. The van der Waals surface area contributed by atoms with Gasteiger partial charge >= 0.3 is 0 Å². The molecule has 1 fully saturated rings. The second kappa shape index (κ2) is 6.61. The molecule has 0 aromatic rings. The average Bonchev–Trinajstić information content (AvgIpc) is 2.27. The van der Waals surface area contributed by atoms with Crippen LogP contribution in [0.25, 0.3) is 0 Å². The molecule has 0 bridgehead atoms. The lowest BCUT2D eigenvalue weighted by Gasteiger charge is -2.27. The second-order valence-electron chi connectivity index (χ2n) is 5.56. The van der Waals surface area contributed by atoms with Gasteiger partial charge in [0, 0.05) is 5.03 Å². The fourth-order valence-electron chi connectivity index (χ4n) is 2.99. The molecule has 2 atom stereocenters. The van der Waals surface area contributed by atoms with Gasteiger partial charge in [-0.15, -0.1) is 0 Å². The Hall–Kier alpha value is -0.270. The van der Waals surface area contributed by atoms with Crippen molar-refractivity contribution in [2.24, 2.45) is 11.8 Å². The summed E-state index contributed by atoms with van der Waals surface area (Å²) in [6.07, 6.45) is 12.1. The first-order chi connectivity index (χ1) is 8.25. The van der Waals surface area contributed by atoms with Gasteiger partial charge in [0.25, 0.3) is 0 Å². The molecule has 2 rings (SSSR count). The van der Waals surface area contributed by atoms with E-state index < -0.39 is 0 Å². The van der Waals surface area contributed by atoms with Gasteiger partial charge in [0.2, 0.25) is 0 Å². The minimum Gasteiger partial charge on any atom is -0.317 e. The quantitative estimate of drug-likeness (QED) is 0.776. The van der Waals surface area contributed by atoms with E-state index in [-0.39, 0.29) is 0 Å². The zero-order chi connectivity index (χ0) is 12.1. The fraction of sp³-hybridized carbons (Fsp3) is 0.733. The van der Waals surface area contributed by atoms with Gasteiger partial charge in [-0.05, 0) is 63.6 Å². The predicted octanol–water partition coefficient (Wildman–Crippen LogP) is 4.25. The van der Waals surface area contributed by atoms with Crippen LogP contribution in [0.1, 0.15) is 45.4 Å². The number of rotatable bonds is 2. The van der Waals surface area contributed by atoms with Crippen LogP contribution in [0.4, 0.5) is 0 Å². The highest BCUT2D eigenvalue weighted by Crippen LogP contribution is 2.34. The first-order valence-corrected chi connectivity index (χ1v) is 7.37. The largest absolute Gasteiger partial charge is 0.317 e. The smallest absolute Gasteiger partial charge is 0.0186 e. The highest BCUT2D eigenvalue weighted by Gasteiger charge is 2.21. The molecule has 0 aromatic carbocycles. The van der Waals surface area contributed by atoms with Crippen LogP contribution in [0.2, 0.25) is 0 Å². The minimum atomic E-state index is 0.692. The van der Waals surface area contributed by atoms with Crippen LogP contribution >= 0.6 is 11.6 Å². The van der Waals surface area contributed by atoms with Gasteiger partial charge in [0.1, 0.15) is 0 Å². The molecule has 0 spiro atoms. The fourth-order valence-corrected chi connectivity index (χ4v) is 3.24. The molecule has 2 unspecified atom stereocenters. The highest BCUT2D eigenvalue weighted by molar-refractivity contribution is 6.29. The summed E-state index contributed by atoms with van der Waals surface area (Å²) >= 11 is 6.16. The normalized spacial score (nSPS) is 31.2. The van der Waals surface area contributed by atoms with Crippen LogP contribution in [0.15, 0.2) is 22.8 Å². The van der Waals surface area contributed by atoms with Crippen molar-refractivity contribution in [3.8, 4) is 0 Å². The maximum absolute atomic E-state index is 6.16. The van der Waals surface area contributed by atoms with Crippen molar-refractivity contribution in [1.82, 2.24) is 5.32 Å². The van der Waals surface area contributed by atoms with Crippen molar-refractivity contribution < 1.29 is 0 Å². The van der Waals surface area contributed by atoms with Crippen LogP contribution in [0, 0.1) is 11.8 Å². The lowest BCUT2D eigenvalue weighted by molar-refractivity contribution is 0.327. The minimum absolute atomic E-state index is 0.692. The van der Waals surface area contributed by atoms with Gasteiger partial charge in [0.15, 0.2) is 0 Å². The Morgan fingerprint density at radius 3 is 3.00 bits per heavy atom. The van der Waals surface area contributed by atoms with Crippen molar-refractivity contribution in [1.29, 1.82) is 0 Å². The Morgan fingerprint density at radius 2 is 2.12 bits per heavy atom. The van der Waals surface area contributed by atoms with Crippen molar-refractivity contribution in [3.05, 3.63) is 22.8 Å². The van der Waals surface area contributed by atoms with E-state index in [0.717, 1.165) is 17.4 Å². The summed E-state index contributed by atoms with van der Waals surface area (Å²) in [7, 11) is 0. The van der Waals surface area contributed by atoms with Crippen molar-refractivity contribution >= 4 is 11.6 Å².